The number of carbonyl (C=O) groups excluding carboxylic acids is 1. The van der Waals surface area contributed by atoms with Gasteiger partial charge >= 0.3 is 0 Å². The highest BCUT2D eigenvalue weighted by atomic mass is 35.5. The summed E-state index contributed by atoms with van der Waals surface area (Å²) in [7, 11) is 0. The average molecular weight is 294 g/mol. The molecule has 0 fully saturated rings. The lowest BCUT2D eigenvalue weighted by Crippen LogP contribution is -2.16. The summed E-state index contributed by atoms with van der Waals surface area (Å²) < 4.78 is 13.4. The molecule has 1 atom stereocenters. The van der Waals surface area contributed by atoms with Crippen molar-refractivity contribution < 1.29 is 14.3 Å². The van der Waals surface area contributed by atoms with Crippen LogP contribution in [0.25, 0.3) is 0 Å². The molecular weight excluding hydrogens is 281 g/mol. The fraction of sp³-hybridized carbons (Fsp3) is 0.133. The van der Waals surface area contributed by atoms with Crippen molar-refractivity contribution in [1.29, 1.82) is 0 Å². The summed E-state index contributed by atoms with van der Waals surface area (Å²) in [5.74, 6) is -0.973. The smallest absolute Gasteiger partial charge is 0.227 e. The largest absolute Gasteiger partial charge is 0.388 e. The van der Waals surface area contributed by atoms with Gasteiger partial charge < -0.3 is 10.4 Å². The van der Waals surface area contributed by atoms with Gasteiger partial charge in [-0.15, -0.1) is 0 Å². The van der Waals surface area contributed by atoms with Crippen molar-refractivity contribution in [2.45, 2.75) is 12.5 Å². The Kier molecular flexibility index (Phi) is 4.71. The van der Waals surface area contributed by atoms with Crippen LogP contribution in [0.1, 0.15) is 18.1 Å². The topological polar surface area (TPSA) is 49.3 Å². The van der Waals surface area contributed by atoms with E-state index in [1.807, 2.05) is 0 Å². The van der Waals surface area contributed by atoms with Gasteiger partial charge in [0, 0.05) is 5.02 Å². The molecule has 0 saturated carbocycles. The molecule has 0 aromatic heterocycles. The first-order valence-corrected chi connectivity index (χ1v) is 6.42. The van der Waals surface area contributed by atoms with Gasteiger partial charge in [-0.1, -0.05) is 35.9 Å². The van der Waals surface area contributed by atoms with Crippen molar-refractivity contribution in [3.05, 3.63) is 64.9 Å². The highest BCUT2D eigenvalue weighted by molar-refractivity contribution is 6.30. The Morgan fingerprint density at radius 2 is 1.85 bits per heavy atom. The molecule has 0 aliphatic carbocycles. The highest BCUT2D eigenvalue weighted by Crippen LogP contribution is 2.20. The van der Waals surface area contributed by atoms with Crippen molar-refractivity contribution in [2.24, 2.45) is 0 Å². The summed E-state index contributed by atoms with van der Waals surface area (Å²) in [6, 6.07) is 12.4. The number of anilines is 1. The monoisotopic (exact) mass is 293 g/mol. The molecule has 104 valence electrons. The van der Waals surface area contributed by atoms with Gasteiger partial charge in [0.2, 0.25) is 5.91 Å². The van der Waals surface area contributed by atoms with Crippen molar-refractivity contribution in [2.75, 3.05) is 5.32 Å². The molecule has 5 heteroatoms. The second-order valence-corrected chi connectivity index (χ2v) is 4.74. The molecule has 2 aromatic rings. The maximum absolute atomic E-state index is 13.4. The second kappa shape index (κ2) is 6.50. The molecular formula is C15H13ClFNO2. The van der Waals surface area contributed by atoms with Gasteiger partial charge in [0.25, 0.3) is 0 Å². The molecule has 3 nitrogen and oxygen atoms in total. The van der Waals surface area contributed by atoms with E-state index in [2.05, 4.69) is 5.32 Å². The summed E-state index contributed by atoms with van der Waals surface area (Å²) in [5.41, 5.74) is 0.680. The number of halogens is 2. The van der Waals surface area contributed by atoms with E-state index in [0.717, 1.165) is 0 Å². The zero-order valence-electron chi connectivity index (χ0n) is 10.5. The first-order chi connectivity index (χ1) is 9.56. The maximum Gasteiger partial charge on any atom is 0.227 e. The van der Waals surface area contributed by atoms with Gasteiger partial charge in [-0.2, -0.15) is 0 Å². The van der Waals surface area contributed by atoms with E-state index in [-0.39, 0.29) is 12.1 Å². The summed E-state index contributed by atoms with van der Waals surface area (Å²) in [6.45, 7) is 0. The highest BCUT2D eigenvalue weighted by Gasteiger charge is 2.14. The number of amides is 1. The predicted octanol–water partition coefficient (Wildman–Crippen LogP) is 3.54. The van der Waals surface area contributed by atoms with Crippen LogP contribution < -0.4 is 5.32 Å². The molecule has 2 aromatic carbocycles. The molecule has 2 N–H and O–H groups in total. The first-order valence-electron chi connectivity index (χ1n) is 6.04. The minimum Gasteiger partial charge on any atom is -0.388 e. The Balaban J connectivity index is 1.98. The molecule has 2 rings (SSSR count). The van der Waals surface area contributed by atoms with Crippen molar-refractivity contribution in [3.63, 3.8) is 0 Å². The molecule has 0 radical (unpaired) electrons. The minimum absolute atomic E-state index is 0.0980. The quantitative estimate of drug-likeness (QED) is 0.906. The number of aliphatic hydroxyl groups is 1. The minimum atomic E-state index is -0.959. The Morgan fingerprint density at radius 3 is 2.50 bits per heavy atom. The summed E-state index contributed by atoms with van der Waals surface area (Å²) in [5, 5.41) is 12.9. The normalized spacial score (nSPS) is 11.9. The Labute approximate surface area is 121 Å². The predicted molar refractivity (Wildman–Crippen MR) is 76.1 cm³/mol. The molecule has 0 bridgehead atoms. The lowest BCUT2D eigenvalue weighted by atomic mass is 10.1. The summed E-state index contributed by atoms with van der Waals surface area (Å²) in [6.07, 6.45) is -1.12. The number of para-hydroxylation sites is 1. The Morgan fingerprint density at radius 1 is 1.20 bits per heavy atom. The van der Waals surface area contributed by atoms with Crippen LogP contribution >= 0.6 is 11.6 Å². The van der Waals surface area contributed by atoms with Gasteiger partial charge in [0.1, 0.15) is 5.82 Å². The van der Waals surface area contributed by atoms with Crippen LogP contribution in [0.3, 0.4) is 0 Å². The summed E-state index contributed by atoms with van der Waals surface area (Å²) in [4.78, 5) is 11.8. The van der Waals surface area contributed by atoms with Crippen molar-refractivity contribution in [3.8, 4) is 0 Å². The number of carbonyl (C=O) groups is 1. The maximum atomic E-state index is 13.4. The Hall–Kier alpha value is -1.91. The first kappa shape index (κ1) is 14.5. The van der Waals surface area contributed by atoms with E-state index in [0.29, 0.717) is 10.6 Å². The van der Waals surface area contributed by atoms with Crippen LogP contribution in [0.15, 0.2) is 48.5 Å². The second-order valence-electron chi connectivity index (χ2n) is 4.30. The third-order valence-corrected chi connectivity index (χ3v) is 3.03. The van der Waals surface area contributed by atoms with Crippen LogP contribution in [0, 0.1) is 5.82 Å². The number of aliphatic hydroxyl groups excluding tert-OH is 1. The van der Waals surface area contributed by atoms with Crippen LogP contribution in [-0.4, -0.2) is 11.0 Å². The van der Waals surface area contributed by atoms with Gasteiger partial charge in [0.05, 0.1) is 18.2 Å². The fourth-order valence-corrected chi connectivity index (χ4v) is 1.87. The van der Waals surface area contributed by atoms with Crippen molar-refractivity contribution >= 4 is 23.2 Å². The third kappa shape index (κ3) is 3.79. The van der Waals surface area contributed by atoms with Crippen molar-refractivity contribution in [1.82, 2.24) is 0 Å². The van der Waals surface area contributed by atoms with Crippen LogP contribution in [-0.2, 0) is 4.79 Å². The van der Waals surface area contributed by atoms with E-state index in [1.165, 1.54) is 18.2 Å². The molecule has 20 heavy (non-hydrogen) atoms. The molecule has 0 saturated heterocycles. The average Bonchev–Trinajstić information content (AvgIpc) is 2.42. The van der Waals surface area contributed by atoms with E-state index in [9.17, 15) is 14.3 Å². The lowest BCUT2D eigenvalue weighted by molar-refractivity contribution is -0.118. The fourth-order valence-electron chi connectivity index (χ4n) is 1.74. The lowest BCUT2D eigenvalue weighted by Gasteiger charge is -2.11. The SMILES string of the molecule is O=C(CC(O)c1ccc(Cl)cc1)Nc1ccccc1F. The zero-order valence-corrected chi connectivity index (χ0v) is 11.3. The van der Waals surface area contributed by atoms with Gasteiger partial charge in [0.15, 0.2) is 0 Å². The third-order valence-electron chi connectivity index (χ3n) is 2.78. The molecule has 1 unspecified atom stereocenters. The number of hydrogen-bond acceptors (Lipinski definition) is 2. The van der Waals surface area contributed by atoms with Gasteiger partial charge in [-0.3, -0.25) is 4.79 Å². The van der Waals surface area contributed by atoms with E-state index in [1.54, 1.807) is 30.3 Å². The number of nitrogens with one attached hydrogen (secondary N) is 1. The molecule has 1 amide bonds. The van der Waals surface area contributed by atoms with E-state index < -0.39 is 17.8 Å². The molecule has 0 heterocycles. The number of rotatable bonds is 4. The molecule has 0 spiro atoms. The molecule has 0 aliphatic heterocycles. The van der Waals surface area contributed by atoms with E-state index in [4.69, 9.17) is 11.6 Å². The molecule has 0 aliphatic rings. The number of hydrogen-bond donors (Lipinski definition) is 2. The van der Waals surface area contributed by atoms with Crippen LogP contribution in [0.4, 0.5) is 10.1 Å². The van der Waals surface area contributed by atoms with Gasteiger partial charge in [-0.25, -0.2) is 4.39 Å². The summed E-state index contributed by atoms with van der Waals surface area (Å²) >= 11 is 5.74. The van der Waals surface area contributed by atoms with E-state index >= 15 is 0 Å². The zero-order chi connectivity index (χ0) is 14.5. The number of benzene rings is 2. The van der Waals surface area contributed by atoms with Crippen LogP contribution in [0.2, 0.25) is 5.02 Å². The van der Waals surface area contributed by atoms with Crippen LogP contribution in [0.5, 0.6) is 0 Å². The van der Waals surface area contributed by atoms with Gasteiger partial charge in [-0.05, 0) is 29.8 Å². The standard InChI is InChI=1S/C15H13ClFNO2/c16-11-7-5-10(6-8-11)14(19)9-15(20)18-13-4-2-1-3-12(13)17/h1-8,14,19H,9H2,(H,18,20). The Bertz CT molecular complexity index is 601.